The van der Waals surface area contributed by atoms with Crippen LogP contribution >= 0.6 is 0 Å². The monoisotopic (exact) mass is 250 g/mol. The summed E-state index contributed by atoms with van der Waals surface area (Å²) < 4.78 is 5.73. The quantitative estimate of drug-likeness (QED) is 0.756. The summed E-state index contributed by atoms with van der Waals surface area (Å²) in [6, 6.07) is 8.19. The van der Waals surface area contributed by atoms with E-state index in [0.29, 0.717) is 24.3 Å². The van der Waals surface area contributed by atoms with Gasteiger partial charge in [-0.1, -0.05) is 26.0 Å². The van der Waals surface area contributed by atoms with E-state index in [2.05, 4.69) is 32.6 Å². The van der Waals surface area contributed by atoms with Crippen LogP contribution in [0.5, 0.6) is 5.75 Å². The lowest BCUT2D eigenvalue weighted by molar-refractivity contribution is 0.160. The minimum absolute atomic E-state index is 0.545. The van der Waals surface area contributed by atoms with Crippen LogP contribution in [0.1, 0.15) is 27.7 Å². The van der Waals surface area contributed by atoms with Crippen LogP contribution in [-0.2, 0) is 0 Å². The van der Waals surface area contributed by atoms with Crippen molar-refractivity contribution in [1.29, 1.82) is 0 Å². The number of nitrogens with zero attached hydrogens (tertiary/aromatic N) is 1. The molecule has 0 saturated carbocycles. The number of para-hydroxylation sites is 2. The first-order valence-electron chi connectivity index (χ1n) is 6.72. The van der Waals surface area contributed by atoms with E-state index in [1.54, 1.807) is 0 Å². The molecule has 0 aliphatic carbocycles. The largest absolute Gasteiger partial charge is 0.490 e. The summed E-state index contributed by atoms with van der Waals surface area (Å²) in [4.78, 5) is 2.43. The minimum Gasteiger partial charge on any atom is -0.490 e. The fraction of sp³-hybridized carbons (Fsp3) is 0.600. The highest BCUT2D eigenvalue weighted by Gasteiger charge is 2.11. The van der Waals surface area contributed by atoms with E-state index in [1.165, 1.54) is 0 Å². The molecule has 0 unspecified atom stereocenters. The molecular weight excluding hydrogens is 224 g/mol. The fourth-order valence-corrected chi connectivity index (χ4v) is 1.91. The van der Waals surface area contributed by atoms with Gasteiger partial charge >= 0.3 is 0 Å². The molecule has 102 valence electrons. The standard InChI is InChI=1S/C15H26N2O/c1-12(2)11-17(13(3)4)9-10-18-15-8-6-5-7-14(15)16/h5-8,12-13H,9-11,16H2,1-4H3. The van der Waals surface area contributed by atoms with E-state index in [1.807, 2.05) is 24.3 Å². The van der Waals surface area contributed by atoms with E-state index < -0.39 is 0 Å². The molecule has 18 heavy (non-hydrogen) atoms. The van der Waals surface area contributed by atoms with Gasteiger partial charge in [0.15, 0.2) is 0 Å². The Balaban J connectivity index is 2.41. The lowest BCUT2D eigenvalue weighted by Crippen LogP contribution is -2.37. The van der Waals surface area contributed by atoms with Crippen molar-refractivity contribution in [3.8, 4) is 5.75 Å². The molecular formula is C15H26N2O. The Kier molecular flexibility index (Phi) is 5.99. The molecule has 0 aromatic heterocycles. The van der Waals surface area contributed by atoms with Gasteiger partial charge in [-0.05, 0) is 31.9 Å². The predicted molar refractivity (Wildman–Crippen MR) is 77.9 cm³/mol. The molecule has 2 N–H and O–H groups in total. The lowest BCUT2D eigenvalue weighted by atomic mass is 10.2. The molecule has 0 atom stereocenters. The molecule has 0 bridgehead atoms. The van der Waals surface area contributed by atoms with Crippen LogP contribution in [0.4, 0.5) is 5.69 Å². The number of benzene rings is 1. The Morgan fingerprint density at radius 3 is 2.39 bits per heavy atom. The van der Waals surface area contributed by atoms with Gasteiger partial charge in [-0.15, -0.1) is 0 Å². The summed E-state index contributed by atoms with van der Waals surface area (Å²) in [5, 5.41) is 0. The number of hydrogen-bond donors (Lipinski definition) is 1. The lowest BCUT2D eigenvalue weighted by Gasteiger charge is -2.28. The predicted octanol–water partition coefficient (Wildman–Crippen LogP) is 3.01. The second-order valence-corrected chi connectivity index (χ2v) is 5.37. The van der Waals surface area contributed by atoms with Gasteiger partial charge < -0.3 is 10.5 Å². The number of anilines is 1. The van der Waals surface area contributed by atoms with Crippen molar-refractivity contribution in [2.75, 3.05) is 25.4 Å². The van der Waals surface area contributed by atoms with Crippen molar-refractivity contribution in [1.82, 2.24) is 4.90 Å². The SMILES string of the molecule is CC(C)CN(CCOc1ccccc1N)C(C)C. The summed E-state index contributed by atoms with van der Waals surface area (Å²) >= 11 is 0. The van der Waals surface area contributed by atoms with Gasteiger partial charge in [0.1, 0.15) is 12.4 Å². The average molecular weight is 250 g/mol. The van der Waals surface area contributed by atoms with Crippen molar-refractivity contribution in [3.05, 3.63) is 24.3 Å². The highest BCUT2D eigenvalue weighted by Crippen LogP contribution is 2.19. The molecule has 0 saturated heterocycles. The van der Waals surface area contributed by atoms with E-state index in [9.17, 15) is 0 Å². The number of rotatable bonds is 7. The Bertz CT molecular complexity index is 350. The normalized spacial score (nSPS) is 11.5. The third kappa shape index (κ3) is 4.96. The van der Waals surface area contributed by atoms with Crippen LogP contribution in [0.3, 0.4) is 0 Å². The maximum Gasteiger partial charge on any atom is 0.142 e. The third-order valence-corrected chi connectivity index (χ3v) is 2.89. The third-order valence-electron chi connectivity index (χ3n) is 2.89. The summed E-state index contributed by atoms with van der Waals surface area (Å²) in [6.07, 6.45) is 0. The summed E-state index contributed by atoms with van der Waals surface area (Å²) in [5.74, 6) is 1.46. The van der Waals surface area contributed by atoms with Gasteiger partial charge in [0.05, 0.1) is 5.69 Å². The van der Waals surface area contributed by atoms with Gasteiger partial charge in [-0.3, -0.25) is 4.90 Å². The first kappa shape index (κ1) is 14.8. The number of nitrogen functional groups attached to an aromatic ring is 1. The minimum atomic E-state index is 0.545. The average Bonchev–Trinajstić information content (AvgIpc) is 2.29. The molecule has 0 amide bonds. The molecule has 1 aromatic carbocycles. The Hall–Kier alpha value is -1.22. The van der Waals surface area contributed by atoms with Crippen molar-refractivity contribution in [2.24, 2.45) is 5.92 Å². The van der Waals surface area contributed by atoms with Crippen LogP contribution in [-0.4, -0.2) is 30.6 Å². The van der Waals surface area contributed by atoms with Crippen molar-refractivity contribution < 1.29 is 4.74 Å². The zero-order chi connectivity index (χ0) is 13.5. The second kappa shape index (κ2) is 7.27. The Labute approximate surface area is 111 Å². The number of ether oxygens (including phenoxy) is 1. The van der Waals surface area contributed by atoms with Gasteiger partial charge in [-0.2, -0.15) is 0 Å². The molecule has 3 nitrogen and oxygen atoms in total. The smallest absolute Gasteiger partial charge is 0.142 e. The van der Waals surface area contributed by atoms with Gasteiger partial charge in [0.25, 0.3) is 0 Å². The number of hydrogen-bond acceptors (Lipinski definition) is 3. The molecule has 0 spiro atoms. The molecule has 3 heteroatoms. The van der Waals surface area contributed by atoms with Crippen LogP contribution in [0, 0.1) is 5.92 Å². The molecule has 0 aliphatic rings. The van der Waals surface area contributed by atoms with Crippen molar-refractivity contribution >= 4 is 5.69 Å². The molecule has 0 heterocycles. The highest BCUT2D eigenvalue weighted by atomic mass is 16.5. The first-order chi connectivity index (χ1) is 8.50. The molecule has 1 aromatic rings. The molecule has 1 rings (SSSR count). The van der Waals surface area contributed by atoms with Crippen molar-refractivity contribution in [3.63, 3.8) is 0 Å². The van der Waals surface area contributed by atoms with E-state index in [0.717, 1.165) is 18.8 Å². The van der Waals surface area contributed by atoms with Crippen LogP contribution in [0.15, 0.2) is 24.3 Å². The maximum atomic E-state index is 5.84. The zero-order valence-electron chi connectivity index (χ0n) is 12.0. The van der Waals surface area contributed by atoms with E-state index in [-0.39, 0.29) is 0 Å². The van der Waals surface area contributed by atoms with Gasteiger partial charge in [0.2, 0.25) is 0 Å². The van der Waals surface area contributed by atoms with Crippen LogP contribution < -0.4 is 10.5 Å². The summed E-state index contributed by atoms with van der Waals surface area (Å²) in [7, 11) is 0. The summed E-state index contributed by atoms with van der Waals surface area (Å²) in [5.41, 5.74) is 6.55. The topological polar surface area (TPSA) is 38.5 Å². The fourth-order valence-electron chi connectivity index (χ4n) is 1.91. The van der Waals surface area contributed by atoms with Crippen LogP contribution in [0.2, 0.25) is 0 Å². The van der Waals surface area contributed by atoms with E-state index >= 15 is 0 Å². The van der Waals surface area contributed by atoms with Gasteiger partial charge in [-0.25, -0.2) is 0 Å². The molecule has 0 aliphatic heterocycles. The molecule has 0 radical (unpaired) electrons. The Morgan fingerprint density at radius 2 is 1.83 bits per heavy atom. The van der Waals surface area contributed by atoms with Gasteiger partial charge in [0, 0.05) is 19.1 Å². The van der Waals surface area contributed by atoms with E-state index in [4.69, 9.17) is 10.5 Å². The van der Waals surface area contributed by atoms with Crippen LogP contribution in [0.25, 0.3) is 0 Å². The second-order valence-electron chi connectivity index (χ2n) is 5.37. The molecule has 0 fully saturated rings. The Morgan fingerprint density at radius 1 is 1.17 bits per heavy atom. The van der Waals surface area contributed by atoms with Crippen molar-refractivity contribution in [2.45, 2.75) is 33.7 Å². The zero-order valence-corrected chi connectivity index (χ0v) is 12.0. The number of nitrogens with two attached hydrogens (primary N) is 1. The summed E-state index contributed by atoms with van der Waals surface area (Å²) in [6.45, 7) is 11.6. The maximum absolute atomic E-state index is 5.84. The first-order valence-corrected chi connectivity index (χ1v) is 6.72. The highest BCUT2D eigenvalue weighted by molar-refractivity contribution is 5.51.